The van der Waals surface area contributed by atoms with E-state index in [1.807, 2.05) is 25.1 Å². The molecule has 0 bridgehead atoms. The Morgan fingerprint density at radius 1 is 1.40 bits per heavy atom. The monoisotopic (exact) mass is 202 g/mol. The van der Waals surface area contributed by atoms with Crippen LogP contribution in [0.2, 0.25) is 0 Å². The molecule has 0 amide bonds. The summed E-state index contributed by atoms with van der Waals surface area (Å²) in [5, 5.41) is 3.16. The van der Waals surface area contributed by atoms with E-state index in [0.717, 1.165) is 17.1 Å². The molecule has 78 valence electrons. The Kier molecular flexibility index (Phi) is 2.07. The van der Waals surface area contributed by atoms with Crippen LogP contribution in [0.15, 0.2) is 28.4 Å². The SMILES string of the molecule is CC1=Nc2ccc(NN=N)cc2C1(C)C. The molecule has 0 radical (unpaired) electrons. The Balaban J connectivity index is 2.50. The van der Waals surface area contributed by atoms with Crippen molar-refractivity contribution in [3.8, 4) is 0 Å². The zero-order chi connectivity index (χ0) is 11.1. The van der Waals surface area contributed by atoms with Crippen molar-refractivity contribution in [2.45, 2.75) is 26.2 Å². The standard InChI is InChI=1S/C11H14N4/c1-7-11(2,3)9-6-8(14-15-12)4-5-10(9)13-7/h4-6H,1-3H3,(H2,12,14). The topological polar surface area (TPSA) is 60.6 Å². The molecule has 1 heterocycles. The van der Waals surface area contributed by atoms with Crippen LogP contribution in [0.3, 0.4) is 0 Å². The number of anilines is 1. The molecule has 0 spiro atoms. The van der Waals surface area contributed by atoms with E-state index in [2.05, 4.69) is 29.5 Å². The van der Waals surface area contributed by atoms with Gasteiger partial charge in [-0.05, 0) is 30.7 Å². The van der Waals surface area contributed by atoms with E-state index >= 15 is 0 Å². The van der Waals surface area contributed by atoms with Gasteiger partial charge in [0.1, 0.15) is 0 Å². The average Bonchev–Trinajstić information content (AvgIpc) is 2.40. The second kappa shape index (κ2) is 3.15. The van der Waals surface area contributed by atoms with Gasteiger partial charge in [0.2, 0.25) is 0 Å². The van der Waals surface area contributed by atoms with Crippen molar-refractivity contribution in [1.29, 1.82) is 5.53 Å². The van der Waals surface area contributed by atoms with Gasteiger partial charge in [-0.15, -0.1) is 0 Å². The second-order valence-corrected chi connectivity index (χ2v) is 4.28. The summed E-state index contributed by atoms with van der Waals surface area (Å²) in [5.74, 6) is 0. The van der Waals surface area contributed by atoms with Crippen LogP contribution >= 0.6 is 0 Å². The maximum absolute atomic E-state index is 6.76. The normalized spacial score (nSPS) is 16.9. The summed E-state index contributed by atoms with van der Waals surface area (Å²) in [6.45, 7) is 6.35. The lowest BCUT2D eigenvalue weighted by Gasteiger charge is -2.20. The third kappa shape index (κ3) is 1.42. The van der Waals surface area contributed by atoms with Crippen molar-refractivity contribution in [2.24, 2.45) is 10.2 Å². The highest BCUT2D eigenvalue weighted by Crippen LogP contribution is 2.40. The summed E-state index contributed by atoms with van der Waals surface area (Å²) in [4.78, 5) is 4.52. The van der Waals surface area contributed by atoms with Crippen LogP contribution in [0, 0.1) is 5.53 Å². The van der Waals surface area contributed by atoms with E-state index in [-0.39, 0.29) is 5.41 Å². The maximum Gasteiger partial charge on any atom is 0.0672 e. The van der Waals surface area contributed by atoms with Crippen LogP contribution in [0.4, 0.5) is 11.4 Å². The van der Waals surface area contributed by atoms with Crippen LogP contribution in [0.1, 0.15) is 26.3 Å². The highest BCUT2D eigenvalue weighted by Gasteiger charge is 2.32. The van der Waals surface area contributed by atoms with Gasteiger partial charge in [-0.25, -0.2) is 0 Å². The van der Waals surface area contributed by atoms with Crippen LogP contribution in [-0.4, -0.2) is 5.71 Å². The Labute approximate surface area is 88.9 Å². The molecular formula is C11H14N4. The van der Waals surface area contributed by atoms with E-state index in [1.165, 1.54) is 5.56 Å². The fourth-order valence-electron chi connectivity index (χ4n) is 1.78. The molecule has 1 aromatic carbocycles. The lowest BCUT2D eigenvalue weighted by atomic mass is 9.82. The summed E-state index contributed by atoms with van der Waals surface area (Å²) in [5.41, 5.74) is 13.5. The number of benzene rings is 1. The zero-order valence-corrected chi connectivity index (χ0v) is 9.13. The lowest BCUT2D eigenvalue weighted by Crippen LogP contribution is -2.22. The molecule has 0 aliphatic carbocycles. The number of nitrogens with zero attached hydrogens (tertiary/aromatic N) is 2. The van der Waals surface area contributed by atoms with Crippen molar-refractivity contribution in [2.75, 3.05) is 5.43 Å². The van der Waals surface area contributed by atoms with Crippen LogP contribution < -0.4 is 5.43 Å². The third-order valence-electron chi connectivity index (χ3n) is 3.05. The van der Waals surface area contributed by atoms with Crippen molar-refractivity contribution in [1.82, 2.24) is 0 Å². The summed E-state index contributed by atoms with van der Waals surface area (Å²) in [6, 6.07) is 5.85. The molecule has 4 heteroatoms. The van der Waals surface area contributed by atoms with Crippen LogP contribution in [0.25, 0.3) is 0 Å². The van der Waals surface area contributed by atoms with E-state index in [0.29, 0.717) is 0 Å². The summed E-state index contributed by atoms with van der Waals surface area (Å²) in [6.07, 6.45) is 0. The Morgan fingerprint density at radius 2 is 2.13 bits per heavy atom. The second-order valence-electron chi connectivity index (χ2n) is 4.28. The van der Waals surface area contributed by atoms with E-state index in [1.54, 1.807) is 0 Å². The first-order valence-corrected chi connectivity index (χ1v) is 4.88. The molecule has 0 unspecified atom stereocenters. The largest absolute Gasteiger partial charge is 0.260 e. The predicted octanol–water partition coefficient (Wildman–Crippen LogP) is 3.43. The molecule has 0 fully saturated rings. The van der Waals surface area contributed by atoms with Gasteiger partial charge < -0.3 is 0 Å². The van der Waals surface area contributed by atoms with Gasteiger partial charge in [0.05, 0.1) is 11.4 Å². The summed E-state index contributed by atoms with van der Waals surface area (Å²) in [7, 11) is 0. The molecule has 1 aliphatic heterocycles. The molecule has 0 aromatic heterocycles. The number of aliphatic imine (C=N–C) groups is 1. The Bertz CT molecular complexity index is 446. The lowest BCUT2D eigenvalue weighted by molar-refractivity contribution is 0.733. The van der Waals surface area contributed by atoms with E-state index < -0.39 is 0 Å². The third-order valence-corrected chi connectivity index (χ3v) is 3.05. The molecule has 1 aliphatic rings. The molecule has 0 saturated carbocycles. The van der Waals surface area contributed by atoms with Crippen molar-refractivity contribution in [3.63, 3.8) is 0 Å². The molecule has 4 nitrogen and oxygen atoms in total. The van der Waals surface area contributed by atoms with Gasteiger partial charge >= 0.3 is 0 Å². The minimum Gasteiger partial charge on any atom is -0.260 e. The van der Waals surface area contributed by atoms with Gasteiger partial charge in [0.15, 0.2) is 0 Å². The smallest absolute Gasteiger partial charge is 0.0672 e. The van der Waals surface area contributed by atoms with Gasteiger partial charge in [-0.1, -0.05) is 19.1 Å². The average molecular weight is 202 g/mol. The first kappa shape index (κ1) is 9.83. The quantitative estimate of drug-likeness (QED) is 0.560. The number of hydrogen-bond donors (Lipinski definition) is 2. The van der Waals surface area contributed by atoms with Gasteiger partial charge in [0.25, 0.3) is 0 Å². The Hall–Kier alpha value is -1.71. The van der Waals surface area contributed by atoms with Gasteiger partial charge in [-0.2, -0.15) is 5.53 Å². The number of nitrogens with one attached hydrogen (secondary N) is 2. The zero-order valence-electron chi connectivity index (χ0n) is 9.13. The van der Waals surface area contributed by atoms with E-state index in [9.17, 15) is 0 Å². The maximum atomic E-state index is 6.76. The molecule has 15 heavy (non-hydrogen) atoms. The molecule has 2 rings (SSSR count). The highest BCUT2D eigenvalue weighted by atomic mass is 15.4. The molecule has 1 aromatic rings. The Morgan fingerprint density at radius 3 is 2.80 bits per heavy atom. The molecule has 2 N–H and O–H groups in total. The minimum atomic E-state index is -0.0188. The minimum absolute atomic E-state index is 0.0188. The molecule has 0 atom stereocenters. The van der Waals surface area contributed by atoms with Crippen molar-refractivity contribution < 1.29 is 0 Å². The fourth-order valence-corrected chi connectivity index (χ4v) is 1.78. The molecular weight excluding hydrogens is 188 g/mol. The van der Waals surface area contributed by atoms with Gasteiger partial charge in [-0.3, -0.25) is 10.4 Å². The summed E-state index contributed by atoms with van der Waals surface area (Å²) < 4.78 is 0. The van der Waals surface area contributed by atoms with Gasteiger partial charge in [0, 0.05) is 11.1 Å². The first-order valence-electron chi connectivity index (χ1n) is 4.88. The summed E-state index contributed by atoms with van der Waals surface area (Å²) >= 11 is 0. The highest BCUT2D eigenvalue weighted by molar-refractivity contribution is 5.99. The van der Waals surface area contributed by atoms with Crippen molar-refractivity contribution in [3.05, 3.63) is 23.8 Å². The van der Waals surface area contributed by atoms with Crippen molar-refractivity contribution >= 4 is 17.1 Å². The first-order chi connectivity index (χ1) is 7.05. The number of hydrogen-bond acceptors (Lipinski definition) is 3. The van der Waals surface area contributed by atoms with Crippen LogP contribution in [-0.2, 0) is 5.41 Å². The van der Waals surface area contributed by atoms with Crippen LogP contribution in [0.5, 0.6) is 0 Å². The van der Waals surface area contributed by atoms with E-state index in [4.69, 9.17) is 5.53 Å². The molecule has 0 saturated heterocycles. The number of rotatable bonds is 2. The fraction of sp³-hybridized carbons (Fsp3) is 0.364. The number of fused-ring (bicyclic) bond motifs is 1. The predicted molar refractivity (Wildman–Crippen MR) is 61.0 cm³/mol.